The van der Waals surface area contributed by atoms with E-state index in [1.165, 1.54) is 0 Å². The maximum absolute atomic E-state index is 3.93. The summed E-state index contributed by atoms with van der Waals surface area (Å²) in [7, 11) is 0. The van der Waals surface area contributed by atoms with E-state index in [0.717, 1.165) is 19.8 Å². The van der Waals surface area contributed by atoms with Crippen LogP contribution in [0.2, 0.25) is 7.93 Å². The quantitative estimate of drug-likeness (QED) is 0.514. The molecule has 0 heterocycles. The first-order valence-electron chi connectivity index (χ1n) is 4.93. The van der Waals surface area contributed by atoms with E-state index in [1.807, 2.05) is 0 Å². The van der Waals surface area contributed by atoms with Crippen molar-refractivity contribution in [3.63, 3.8) is 0 Å². The van der Waals surface area contributed by atoms with Gasteiger partial charge in [0.2, 0.25) is 0 Å². The van der Waals surface area contributed by atoms with Gasteiger partial charge in [-0.05, 0) is 0 Å². The monoisotopic (exact) mass is 296 g/mol. The van der Waals surface area contributed by atoms with Gasteiger partial charge >= 0.3 is 93.7 Å². The third-order valence-electron chi connectivity index (χ3n) is 2.09. The van der Waals surface area contributed by atoms with Crippen molar-refractivity contribution in [2.45, 2.75) is 35.6 Å². The van der Waals surface area contributed by atoms with E-state index < -0.39 is 0 Å². The third-order valence-corrected chi connectivity index (χ3v) is 8.09. The Morgan fingerprint density at radius 3 is 1.31 bits per heavy atom. The van der Waals surface area contributed by atoms with Crippen LogP contribution in [0.3, 0.4) is 0 Å². The Bertz CT molecular complexity index is 141. The molecule has 0 aliphatic heterocycles. The van der Waals surface area contributed by atoms with Gasteiger partial charge in [0, 0.05) is 0 Å². The number of hydrogen-bond acceptors (Lipinski definition) is 0. The fraction of sp³-hybridized carbons (Fsp3) is 0.667. The summed E-state index contributed by atoms with van der Waals surface area (Å²) in [6.07, 6.45) is 4.29. The van der Waals surface area contributed by atoms with Gasteiger partial charge in [0.25, 0.3) is 0 Å². The van der Waals surface area contributed by atoms with Crippen molar-refractivity contribution in [1.29, 1.82) is 0 Å². The second-order valence-electron chi connectivity index (χ2n) is 4.02. The Balaban J connectivity index is 4.19. The molecule has 0 saturated heterocycles. The van der Waals surface area contributed by atoms with E-state index >= 15 is 0 Å². The zero-order valence-corrected chi connectivity index (χ0v) is 11.6. The van der Waals surface area contributed by atoms with Crippen LogP contribution < -0.4 is 0 Å². The molecule has 2 unspecified atom stereocenters. The van der Waals surface area contributed by atoms with Gasteiger partial charge in [-0.1, -0.05) is 0 Å². The van der Waals surface area contributed by atoms with Crippen LogP contribution in [0, 0.1) is 11.8 Å². The van der Waals surface area contributed by atoms with Crippen LogP contribution >= 0.6 is 0 Å². The van der Waals surface area contributed by atoms with Crippen LogP contribution in [-0.2, 0) is 0 Å². The van der Waals surface area contributed by atoms with Crippen LogP contribution in [0.25, 0.3) is 0 Å². The SMILES string of the molecule is C=CC([Te]C(C=C)C(C)C)C(C)C. The number of rotatable bonds is 6. The predicted molar refractivity (Wildman–Crippen MR) is 63.3 cm³/mol. The zero-order valence-electron chi connectivity index (χ0n) is 9.29. The molecule has 0 aromatic rings. The Hall–Kier alpha value is 0.270. The Labute approximate surface area is 93.6 Å². The van der Waals surface area contributed by atoms with E-state index in [-0.39, 0.29) is 20.9 Å². The summed E-state index contributed by atoms with van der Waals surface area (Å²) in [5, 5.41) is 0. The molecule has 0 N–H and O–H groups in total. The summed E-state index contributed by atoms with van der Waals surface area (Å²) in [5.74, 6) is 1.50. The molecule has 0 fully saturated rings. The van der Waals surface area contributed by atoms with Crippen molar-refractivity contribution in [1.82, 2.24) is 0 Å². The summed E-state index contributed by atoms with van der Waals surface area (Å²) < 4.78 is 1.52. The molecule has 0 amide bonds. The summed E-state index contributed by atoms with van der Waals surface area (Å²) >= 11 is -0.00935. The van der Waals surface area contributed by atoms with Crippen LogP contribution in [-0.4, -0.2) is 20.9 Å². The third kappa shape index (κ3) is 4.89. The molecule has 2 atom stereocenters. The molecule has 0 radical (unpaired) electrons. The average molecular weight is 294 g/mol. The average Bonchev–Trinajstić information content (AvgIpc) is 2.05. The van der Waals surface area contributed by atoms with Crippen molar-refractivity contribution in [3.8, 4) is 0 Å². The van der Waals surface area contributed by atoms with Gasteiger partial charge in [0.05, 0.1) is 0 Å². The molecule has 0 saturated carbocycles. The van der Waals surface area contributed by atoms with Gasteiger partial charge in [-0.15, -0.1) is 0 Å². The summed E-state index contributed by atoms with van der Waals surface area (Å²) in [4.78, 5) is 0. The minimum atomic E-state index is -0.00935. The van der Waals surface area contributed by atoms with Crippen molar-refractivity contribution >= 4 is 20.9 Å². The first-order valence-corrected chi connectivity index (χ1v) is 7.62. The predicted octanol–water partition coefficient (Wildman–Crippen LogP) is 3.95. The molecule has 0 aromatic heterocycles. The number of hydrogen-bond donors (Lipinski definition) is 0. The first kappa shape index (κ1) is 13.3. The fourth-order valence-electron chi connectivity index (χ4n) is 1.15. The van der Waals surface area contributed by atoms with Gasteiger partial charge < -0.3 is 0 Å². The molecule has 0 aliphatic rings. The van der Waals surface area contributed by atoms with E-state index in [1.54, 1.807) is 0 Å². The van der Waals surface area contributed by atoms with Gasteiger partial charge in [0.15, 0.2) is 0 Å². The Kier molecular flexibility index (Phi) is 6.82. The van der Waals surface area contributed by atoms with E-state index in [2.05, 4.69) is 53.0 Å². The second-order valence-corrected chi connectivity index (χ2v) is 7.91. The molecule has 0 aromatic carbocycles. The zero-order chi connectivity index (χ0) is 10.4. The van der Waals surface area contributed by atoms with E-state index in [0.29, 0.717) is 0 Å². The van der Waals surface area contributed by atoms with Crippen LogP contribution in [0.5, 0.6) is 0 Å². The molecule has 76 valence electrons. The van der Waals surface area contributed by atoms with Crippen LogP contribution in [0.15, 0.2) is 25.3 Å². The molecule has 0 nitrogen and oxygen atoms in total. The topological polar surface area (TPSA) is 0 Å². The molecule has 1 heteroatoms. The van der Waals surface area contributed by atoms with Crippen LogP contribution in [0.4, 0.5) is 0 Å². The summed E-state index contributed by atoms with van der Waals surface area (Å²) in [5.41, 5.74) is 0. The molecule has 13 heavy (non-hydrogen) atoms. The molecule has 0 bridgehead atoms. The second kappa shape index (κ2) is 6.68. The maximum atomic E-state index is 3.93. The molecular formula is C12H22Te. The standard InChI is InChI=1S/C12H22Te/c1-7-11(9(3)4)13-12(8-2)10(5)6/h7-12H,1-2H2,3-6H3. The van der Waals surface area contributed by atoms with Crippen molar-refractivity contribution < 1.29 is 0 Å². The van der Waals surface area contributed by atoms with Gasteiger partial charge in [-0.25, -0.2) is 0 Å². The van der Waals surface area contributed by atoms with Crippen molar-refractivity contribution in [2.24, 2.45) is 11.8 Å². The molecule has 0 aliphatic carbocycles. The minimum absolute atomic E-state index is 0.00935. The molecular weight excluding hydrogens is 272 g/mol. The van der Waals surface area contributed by atoms with E-state index in [9.17, 15) is 0 Å². The van der Waals surface area contributed by atoms with E-state index in [4.69, 9.17) is 0 Å². The summed E-state index contributed by atoms with van der Waals surface area (Å²) in [6, 6.07) is 0. The van der Waals surface area contributed by atoms with Gasteiger partial charge in [0.1, 0.15) is 0 Å². The summed E-state index contributed by atoms with van der Waals surface area (Å²) in [6.45, 7) is 17.0. The number of allylic oxidation sites excluding steroid dienone is 2. The Morgan fingerprint density at radius 2 is 1.15 bits per heavy atom. The normalized spacial score (nSPS) is 15.8. The van der Waals surface area contributed by atoms with Gasteiger partial charge in [-0.3, -0.25) is 0 Å². The molecule has 0 rings (SSSR count). The fourth-order valence-corrected chi connectivity index (χ4v) is 4.62. The Morgan fingerprint density at radius 1 is 0.846 bits per heavy atom. The van der Waals surface area contributed by atoms with Gasteiger partial charge in [-0.2, -0.15) is 0 Å². The molecule has 0 spiro atoms. The van der Waals surface area contributed by atoms with Crippen molar-refractivity contribution in [2.75, 3.05) is 0 Å². The van der Waals surface area contributed by atoms with Crippen molar-refractivity contribution in [3.05, 3.63) is 25.3 Å². The first-order chi connectivity index (χ1) is 6.02. The van der Waals surface area contributed by atoms with Crippen LogP contribution in [0.1, 0.15) is 27.7 Å².